The molecule has 0 aromatic heterocycles. The molecular weight excluding hydrogens is 220 g/mol. The Morgan fingerprint density at radius 2 is 2.06 bits per heavy atom. The minimum absolute atomic E-state index is 0.0419. The van der Waals surface area contributed by atoms with Crippen LogP contribution in [0.2, 0.25) is 0 Å². The molecule has 2 N–H and O–H groups in total. The zero-order valence-electron chi connectivity index (χ0n) is 9.35. The van der Waals surface area contributed by atoms with Crippen LogP contribution >= 0.6 is 0 Å². The lowest BCUT2D eigenvalue weighted by Gasteiger charge is -2.25. The molecule has 1 aromatic rings. The van der Waals surface area contributed by atoms with Crippen molar-refractivity contribution in [3.63, 3.8) is 0 Å². The first kappa shape index (κ1) is 11.6. The molecule has 0 atom stereocenters. The largest absolute Gasteiger partial charge is 0.508 e. The van der Waals surface area contributed by atoms with Gasteiger partial charge in [-0.3, -0.25) is 14.5 Å². The molecule has 17 heavy (non-hydrogen) atoms. The first-order valence-corrected chi connectivity index (χ1v) is 5.46. The maximum Gasteiger partial charge on any atom is 0.234 e. The zero-order chi connectivity index (χ0) is 12.3. The summed E-state index contributed by atoms with van der Waals surface area (Å²) in [6.07, 6.45) is 0. The van der Waals surface area contributed by atoms with Crippen molar-refractivity contribution >= 4 is 11.7 Å². The summed E-state index contributed by atoms with van der Waals surface area (Å²) in [5.74, 6) is 0.0494. The lowest BCUT2D eigenvalue weighted by atomic mass is 10.1. The van der Waals surface area contributed by atoms with Gasteiger partial charge < -0.3 is 10.4 Å². The predicted molar refractivity (Wildman–Crippen MR) is 61.9 cm³/mol. The van der Waals surface area contributed by atoms with Crippen LogP contribution < -0.4 is 5.32 Å². The van der Waals surface area contributed by atoms with Crippen LogP contribution in [0.3, 0.4) is 0 Å². The van der Waals surface area contributed by atoms with E-state index in [4.69, 9.17) is 5.11 Å². The van der Waals surface area contributed by atoms with E-state index in [0.717, 1.165) is 0 Å². The molecule has 0 spiro atoms. The van der Waals surface area contributed by atoms with Gasteiger partial charge >= 0.3 is 0 Å². The van der Waals surface area contributed by atoms with Gasteiger partial charge in [-0.05, 0) is 24.3 Å². The van der Waals surface area contributed by atoms with E-state index in [2.05, 4.69) is 5.32 Å². The second-order valence-electron chi connectivity index (χ2n) is 4.03. The third kappa shape index (κ3) is 3.04. The summed E-state index contributed by atoms with van der Waals surface area (Å²) in [6, 6.07) is 6.13. The van der Waals surface area contributed by atoms with Gasteiger partial charge in [0.25, 0.3) is 0 Å². The number of carbonyl (C=O) groups excluding carboxylic acids is 2. The molecule has 90 valence electrons. The molecule has 0 unspecified atom stereocenters. The van der Waals surface area contributed by atoms with E-state index in [0.29, 0.717) is 18.7 Å². The van der Waals surface area contributed by atoms with Gasteiger partial charge in [0.1, 0.15) is 5.75 Å². The molecule has 5 nitrogen and oxygen atoms in total. The van der Waals surface area contributed by atoms with E-state index in [-0.39, 0.29) is 30.5 Å². The number of benzene rings is 1. The van der Waals surface area contributed by atoms with Crippen LogP contribution in [0.15, 0.2) is 24.3 Å². The van der Waals surface area contributed by atoms with Gasteiger partial charge in [0.15, 0.2) is 5.78 Å². The Kier molecular flexibility index (Phi) is 3.39. The smallest absolute Gasteiger partial charge is 0.234 e. The number of piperazine rings is 1. The molecular formula is C12H14N2O3. The number of carbonyl (C=O) groups is 2. The fraction of sp³-hybridized carbons (Fsp3) is 0.333. The second-order valence-corrected chi connectivity index (χ2v) is 4.03. The zero-order valence-corrected chi connectivity index (χ0v) is 9.35. The maximum absolute atomic E-state index is 11.9. The number of rotatable bonds is 3. The third-order valence-electron chi connectivity index (χ3n) is 2.67. The number of hydrogen-bond acceptors (Lipinski definition) is 4. The van der Waals surface area contributed by atoms with E-state index in [9.17, 15) is 9.59 Å². The van der Waals surface area contributed by atoms with Gasteiger partial charge in [-0.15, -0.1) is 0 Å². The highest BCUT2D eigenvalue weighted by molar-refractivity contribution is 5.98. The minimum atomic E-state index is -0.0465. The summed E-state index contributed by atoms with van der Waals surface area (Å²) in [6.45, 7) is 1.78. The van der Waals surface area contributed by atoms with Crippen molar-refractivity contribution in [2.45, 2.75) is 0 Å². The third-order valence-corrected chi connectivity index (χ3v) is 2.67. The van der Waals surface area contributed by atoms with Gasteiger partial charge in [-0.25, -0.2) is 0 Å². The first-order valence-electron chi connectivity index (χ1n) is 5.46. The van der Waals surface area contributed by atoms with Gasteiger partial charge in [0, 0.05) is 18.7 Å². The van der Waals surface area contributed by atoms with E-state index < -0.39 is 0 Å². The van der Waals surface area contributed by atoms with Gasteiger partial charge in [-0.2, -0.15) is 0 Å². The SMILES string of the molecule is O=C1CN(CC(=O)c2ccc(O)cc2)CCN1. The molecule has 1 heterocycles. The highest BCUT2D eigenvalue weighted by Gasteiger charge is 2.19. The minimum Gasteiger partial charge on any atom is -0.508 e. The topological polar surface area (TPSA) is 69.6 Å². The predicted octanol–water partition coefficient (Wildman–Crippen LogP) is 0.00670. The Morgan fingerprint density at radius 1 is 1.35 bits per heavy atom. The molecule has 1 saturated heterocycles. The van der Waals surface area contributed by atoms with Crippen molar-refractivity contribution < 1.29 is 14.7 Å². The Hall–Kier alpha value is -1.88. The number of Topliss-reactive ketones (excluding diaryl/α,β-unsaturated/α-hetero) is 1. The fourth-order valence-electron chi connectivity index (χ4n) is 1.77. The van der Waals surface area contributed by atoms with Crippen molar-refractivity contribution in [1.29, 1.82) is 0 Å². The number of amides is 1. The monoisotopic (exact) mass is 234 g/mol. The van der Waals surface area contributed by atoms with E-state index in [1.165, 1.54) is 12.1 Å². The Labute approximate surface area is 99.0 Å². The second kappa shape index (κ2) is 4.97. The number of nitrogens with one attached hydrogen (secondary N) is 1. The van der Waals surface area contributed by atoms with E-state index in [1.807, 2.05) is 4.90 Å². The number of phenols is 1. The number of phenolic OH excluding ortho intramolecular Hbond substituents is 1. The quantitative estimate of drug-likeness (QED) is 0.723. The van der Waals surface area contributed by atoms with Crippen molar-refractivity contribution in [3.05, 3.63) is 29.8 Å². The summed E-state index contributed by atoms with van der Waals surface area (Å²) < 4.78 is 0. The average Bonchev–Trinajstić information content (AvgIpc) is 2.29. The molecule has 1 aliphatic rings. The van der Waals surface area contributed by atoms with Crippen LogP contribution in [0.1, 0.15) is 10.4 Å². The normalized spacial score (nSPS) is 16.6. The Bertz CT molecular complexity index is 428. The maximum atomic E-state index is 11.9. The Morgan fingerprint density at radius 3 is 2.71 bits per heavy atom. The summed E-state index contributed by atoms with van der Waals surface area (Å²) in [4.78, 5) is 24.8. The summed E-state index contributed by atoms with van der Waals surface area (Å²) in [5, 5.41) is 11.8. The number of hydrogen-bond donors (Lipinski definition) is 2. The van der Waals surface area contributed by atoms with Crippen LogP contribution in [0, 0.1) is 0 Å². The standard InChI is InChI=1S/C12H14N2O3/c15-10-3-1-9(2-4-10)11(16)7-14-6-5-13-12(17)8-14/h1-4,15H,5-8H2,(H,13,17). The van der Waals surface area contributed by atoms with Gasteiger partial charge in [-0.1, -0.05) is 0 Å². The van der Waals surface area contributed by atoms with Crippen molar-refractivity contribution in [1.82, 2.24) is 10.2 Å². The molecule has 5 heteroatoms. The molecule has 0 bridgehead atoms. The van der Waals surface area contributed by atoms with Crippen molar-refractivity contribution in [2.24, 2.45) is 0 Å². The van der Waals surface area contributed by atoms with Gasteiger partial charge in [0.2, 0.25) is 5.91 Å². The molecule has 1 aromatic carbocycles. The fourth-order valence-corrected chi connectivity index (χ4v) is 1.77. The van der Waals surface area contributed by atoms with E-state index in [1.54, 1.807) is 12.1 Å². The molecule has 0 saturated carbocycles. The molecule has 0 radical (unpaired) electrons. The summed E-state index contributed by atoms with van der Waals surface area (Å²) >= 11 is 0. The lowest BCUT2D eigenvalue weighted by Crippen LogP contribution is -2.49. The first-order chi connectivity index (χ1) is 8.15. The molecule has 0 aliphatic carbocycles. The summed E-state index contributed by atoms with van der Waals surface area (Å²) in [7, 11) is 0. The molecule has 1 aliphatic heterocycles. The van der Waals surface area contributed by atoms with Crippen LogP contribution in [0.5, 0.6) is 5.75 Å². The van der Waals surface area contributed by atoms with Crippen LogP contribution in [-0.2, 0) is 4.79 Å². The highest BCUT2D eigenvalue weighted by Crippen LogP contribution is 2.10. The van der Waals surface area contributed by atoms with Crippen LogP contribution in [0.25, 0.3) is 0 Å². The molecule has 1 amide bonds. The van der Waals surface area contributed by atoms with Crippen LogP contribution in [-0.4, -0.2) is 47.9 Å². The van der Waals surface area contributed by atoms with Crippen LogP contribution in [0.4, 0.5) is 0 Å². The molecule has 1 fully saturated rings. The van der Waals surface area contributed by atoms with Gasteiger partial charge in [0.05, 0.1) is 13.1 Å². The Balaban J connectivity index is 1.96. The number of aromatic hydroxyl groups is 1. The average molecular weight is 234 g/mol. The number of nitrogens with zero attached hydrogens (tertiary/aromatic N) is 1. The lowest BCUT2D eigenvalue weighted by molar-refractivity contribution is -0.123. The van der Waals surface area contributed by atoms with E-state index >= 15 is 0 Å². The van der Waals surface area contributed by atoms with Crippen molar-refractivity contribution in [3.8, 4) is 5.75 Å². The van der Waals surface area contributed by atoms with Crippen molar-refractivity contribution in [2.75, 3.05) is 26.2 Å². The molecule has 2 rings (SSSR count). The number of ketones is 1. The highest BCUT2D eigenvalue weighted by atomic mass is 16.3. The summed E-state index contributed by atoms with van der Waals surface area (Å²) in [5.41, 5.74) is 0.550.